The number of nitrogens with one attached hydrogen (secondary N) is 3. The van der Waals surface area contributed by atoms with Gasteiger partial charge in [-0.3, -0.25) is 4.99 Å². The SMILES string of the molecule is CN=C(NCCc1c[nH]c2cc(F)ccc12)NCc1sc(C)nc1C. The highest BCUT2D eigenvalue weighted by atomic mass is 32.1. The van der Waals surface area contributed by atoms with Gasteiger partial charge < -0.3 is 15.6 Å². The first-order chi connectivity index (χ1) is 12.1. The van der Waals surface area contributed by atoms with Crippen LogP contribution in [0, 0.1) is 19.7 Å². The van der Waals surface area contributed by atoms with Gasteiger partial charge in [-0.1, -0.05) is 0 Å². The van der Waals surface area contributed by atoms with Gasteiger partial charge in [0, 0.05) is 35.6 Å². The van der Waals surface area contributed by atoms with E-state index in [1.54, 1.807) is 18.4 Å². The van der Waals surface area contributed by atoms with Crippen LogP contribution in [0.1, 0.15) is 21.1 Å². The molecule has 1 aromatic carbocycles. The fraction of sp³-hybridized carbons (Fsp3) is 0.333. The van der Waals surface area contributed by atoms with Crippen LogP contribution in [0.3, 0.4) is 0 Å². The number of halogens is 1. The number of hydrogen-bond donors (Lipinski definition) is 3. The Bertz CT molecular complexity index is 896. The number of aromatic amines is 1. The number of aromatic nitrogens is 2. The van der Waals surface area contributed by atoms with E-state index in [-0.39, 0.29) is 5.82 Å². The summed E-state index contributed by atoms with van der Waals surface area (Å²) >= 11 is 1.70. The van der Waals surface area contributed by atoms with Crippen molar-refractivity contribution in [2.45, 2.75) is 26.8 Å². The first-order valence-electron chi connectivity index (χ1n) is 8.19. The molecule has 0 unspecified atom stereocenters. The predicted molar refractivity (Wildman–Crippen MR) is 102 cm³/mol. The minimum Gasteiger partial charge on any atom is -0.361 e. The van der Waals surface area contributed by atoms with E-state index in [4.69, 9.17) is 0 Å². The maximum Gasteiger partial charge on any atom is 0.191 e. The van der Waals surface area contributed by atoms with Gasteiger partial charge in [-0.25, -0.2) is 9.37 Å². The van der Waals surface area contributed by atoms with Crippen molar-refractivity contribution in [2.75, 3.05) is 13.6 Å². The number of rotatable bonds is 5. The Kier molecular flexibility index (Phi) is 5.33. The molecule has 0 radical (unpaired) electrons. The van der Waals surface area contributed by atoms with Gasteiger partial charge in [-0.05, 0) is 44.0 Å². The zero-order valence-corrected chi connectivity index (χ0v) is 15.4. The van der Waals surface area contributed by atoms with Gasteiger partial charge in [-0.2, -0.15) is 0 Å². The fourth-order valence-corrected chi connectivity index (χ4v) is 3.68. The van der Waals surface area contributed by atoms with E-state index in [0.29, 0.717) is 6.54 Å². The highest BCUT2D eigenvalue weighted by molar-refractivity contribution is 7.11. The monoisotopic (exact) mass is 359 g/mol. The lowest BCUT2D eigenvalue weighted by Gasteiger charge is -2.11. The number of aryl methyl sites for hydroxylation is 2. The second-order valence-corrected chi connectivity index (χ2v) is 7.14. The van der Waals surface area contributed by atoms with E-state index in [0.717, 1.165) is 46.1 Å². The minimum absolute atomic E-state index is 0.225. The van der Waals surface area contributed by atoms with Gasteiger partial charge in [0.15, 0.2) is 5.96 Å². The van der Waals surface area contributed by atoms with Gasteiger partial charge in [0.1, 0.15) is 5.82 Å². The Labute approximate surface area is 150 Å². The van der Waals surface area contributed by atoms with Crippen molar-refractivity contribution >= 4 is 28.2 Å². The Morgan fingerprint density at radius 2 is 2.16 bits per heavy atom. The molecule has 0 aliphatic rings. The number of guanidine groups is 1. The second-order valence-electron chi connectivity index (χ2n) is 5.85. The number of fused-ring (bicyclic) bond motifs is 1. The molecular weight excluding hydrogens is 337 g/mol. The van der Waals surface area contributed by atoms with Crippen molar-refractivity contribution in [3.05, 3.63) is 51.4 Å². The van der Waals surface area contributed by atoms with Crippen LogP contribution in [0.15, 0.2) is 29.4 Å². The Balaban J connectivity index is 1.53. The average Bonchev–Trinajstić information content (AvgIpc) is 3.12. The molecule has 25 heavy (non-hydrogen) atoms. The molecule has 0 saturated carbocycles. The number of hydrogen-bond acceptors (Lipinski definition) is 3. The minimum atomic E-state index is -0.225. The molecule has 2 heterocycles. The number of aliphatic imine (C=N–C) groups is 1. The zero-order chi connectivity index (χ0) is 17.8. The molecule has 0 saturated heterocycles. The summed E-state index contributed by atoms with van der Waals surface area (Å²) in [5.41, 5.74) is 3.05. The maximum atomic E-state index is 13.2. The topological polar surface area (TPSA) is 65.1 Å². The lowest BCUT2D eigenvalue weighted by atomic mass is 10.1. The van der Waals surface area contributed by atoms with Crippen LogP contribution in [0.2, 0.25) is 0 Å². The van der Waals surface area contributed by atoms with Crippen molar-refractivity contribution in [1.29, 1.82) is 0 Å². The van der Waals surface area contributed by atoms with Gasteiger partial charge in [0.05, 0.1) is 17.2 Å². The van der Waals surface area contributed by atoms with Crippen LogP contribution in [0.4, 0.5) is 4.39 Å². The third kappa shape index (κ3) is 4.17. The first kappa shape index (κ1) is 17.4. The lowest BCUT2D eigenvalue weighted by Crippen LogP contribution is -2.37. The molecule has 5 nitrogen and oxygen atoms in total. The molecule has 132 valence electrons. The summed E-state index contributed by atoms with van der Waals surface area (Å²) in [5.74, 6) is 0.536. The molecule has 7 heteroatoms. The molecular formula is C18H22FN5S. The number of benzene rings is 1. The molecule has 0 aliphatic carbocycles. The molecule has 2 aromatic heterocycles. The van der Waals surface area contributed by atoms with Gasteiger partial charge in [0.2, 0.25) is 0 Å². The first-order valence-corrected chi connectivity index (χ1v) is 9.01. The molecule has 0 fully saturated rings. The van der Waals surface area contributed by atoms with E-state index in [1.165, 1.54) is 17.0 Å². The predicted octanol–water partition coefficient (Wildman–Crippen LogP) is 3.29. The van der Waals surface area contributed by atoms with Crippen LogP contribution in [-0.2, 0) is 13.0 Å². The normalized spacial score (nSPS) is 11.9. The third-order valence-electron chi connectivity index (χ3n) is 4.06. The number of thiazole rings is 1. The Morgan fingerprint density at radius 3 is 2.88 bits per heavy atom. The second kappa shape index (κ2) is 7.65. The van der Waals surface area contributed by atoms with E-state index < -0.39 is 0 Å². The van der Waals surface area contributed by atoms with Crippen LogP contribution >= 0.6 is 11.3 Å². The van der Waals surface area contributed by atoms with E-state index in [9.17, 15) is 4.39 Å². The Morgan fingerprint density at radius 1 is 1.32 bits per heavy atom. The van der Waals surface area contributed by atoms with Gasteiger partial charge in [0.25, 0.3) is 0 Å². The van der Waals surface area contributed by atoms with Crippen molar-refractivity contribution in [3.63, 3.8) is 0 Å². The average molecular weight is 359 g/mol. The summed E-state index contributed by atoms with van der Waals surface area (Å²) in [7, 11) is 1.76. The van der Waals surface area contributed by atoms with Crippen molar-refractivity contribution in [2.24, 2.45) is 4.99 Å². The third-order valence-corrected chi connectivity index (χ3v) is 5.13. The molecule has 0 bridgehead atoms. The molecule has 0 amide bonds. The summed E-state index contributed by atoms with van der Waals surface area (Å²) < 4.78 is 13.2. The molecule has 0 atom stereocenters. The van der Waals surface area contributed by atoms with Crippen molar-refractivity contribution < 1.29 is 4.39 Å². The summed E-state index contributed by atoms with van der Waals surface area (Å²) in [6, 6.07) is 4.83. The maximum absolute atomic E-state index is 13.2. The zero-order valence-electron chi connectivity index (χ0n) is 14.6. The van der Waals surface area contributed by atoms with E-state index in [1.807, 2.05) is 26.1 Å². The molecule has 0 spiro atoms. The lowest BCUT2D eigenvalue weighted by molar-refractivity contribution is 0.629. The number of nitrogens with zero attached hydrogens (tertiary/aromatic N) is 2. The molecule has 3 aromatic rings. The molecule has 3 rings (SSSR count). The van der Waals surface area contributed by atoms with Gasteiger partial charge >= 0.3 is 0 Å². The van der Waals surface area contributed by atoms with Crippen LogP contribution < -0.4 is 10.6 Å². The number of H-pyrrole nitrogens is 1. The smallest absolute Gasteiger partial charge is 0.191 e. The van der Waals surface area contributed by atoms with Crippen molar-refractivity contribution in [3.8, 4) is 0 Å². The van der Waals surface area contributed by atoms with Crippen LogP contribution in [0.5, 0.6) is 0 Å². The highest BCUT2D eigenvalue weighted by Gasteiger charge is 2.07. The highest BCUT2D eigenvalue weighted by Crippen LogP contribution is 2.19. The largest absolute Gasteiger partial charge is 0.361 e. The summed E-state index contributed by atoms with van der Waals surface area (Å²) in [4.78, 5) is 13.0. The van der Waals surface area contributed by atoms with E-state index >= 15 is 0 Å². The standard InChI is InChI=1S/C18H22FN5S/c1-11-17(25-12(2)24-11)10-23-18(20-3)21-7-6-13-9-22-16-8-14(19)4-5-15(13)16/h4-5,8-9,22H,6-7,10H2,1-3H3,(H2,20,21,23). The van der Waals surface area contributed by atoms with Gasteiger partial charge in [-0.15, -0.1) is 11.3 Å². The summed E-state index contributed by atoms with van der Waals surface area (Å²) in [5, 5.41) is 8.77. The summed E-state index contributed by atoms with van der Waals surface area (Å²) in [6.07, 6.45) is 2.76. The summed E-state index contributed by atoms with van der Waals surface area (Å²) in [6.45, 7) is 5.49. The Hall–Kier alpha value is -2.41. The molecule has 3 N–H and O–H groups in total. The van der Waals surface area contributed by atoms with Crippen molar-refractivity contribution in [1.82, 2.24) is 20.6 Å². The van der Waals surface area contributed by atoms with E-state index in [2.05, 4.69) is 25.6 Å². The van der Waals surface area contributed by atoms with Crippen LogP contribution in [-0.4, -0.2) is 29.5 Å². The fourth-order valence-electron chi connectivity index (χ4n) is 2.80. The quantitative estimate of drug-likeness (QED) is 0.484. The van der Waals surface area contributed by atoms with Crippen LogP contribution in [0.25, 0.3) is 10.9 Å². The molecule has 0 aliphatic heterocycles.